The minimum Gasteiger partial charge on any atom is -0.366 e. The summed E-state index contributed by atoms with van der Waals surface area (Å²) in [6.07, 6.45) is 6.56. The van der Waals surface area contributed by atoms with E-state index in [2.05, 4.69) is 15.3 Å². The van der Waals surface area contributed by atoms with Gasteiger partial charge in [0.1, 0.15) is 0 Å². The van der Waals surface area contributed by atoms with E-state index >= 15 is 0 Å². The molecule has 0 radical (unpaired) electrons. The lowest BCUT2D eigenvalue weighted by Crippen LogP contribution is -2.16. The molecule has 0 aliphatic rings. The molecule has 1 aromatic carbocycles. The Morgan fingerprint density at radius 3 is 2.38 bits per heavy atom. The van der Waals surface area contributed by atoms with E-state index in [9.17, 15) is 9.59 Å². The first-order valence-electron chi connectivity index (χ1n) is 6.14. The SMILES string of the molecule is NC(=O)c1ccc(NC(=O)c2nccn3ccnc23)cc1. The number of aromatic nitrogens is 3. The largest absolute Gasteiger partial charge is 0.366 e. The van der Waals surface area contributed by atoms with Gasteiger partial charge >= 0.3 is 0 Å². The minimum absolute atomic E-state index is 0.224. The number of rotatable bonds is 3. The molecule has 2 aromatic heterocycles. The van der Waals surface area contributed by atoms with Gasteiger partial charge in [0.15, 0.2) is 11.3 Å². The second-order valence-corrected chi connectivity index (χ2v) is 4.33. The van der Waals surface area contributed by atoms with Gasteiger partial charge in [0.25, 0.3) is 5.91 Å². The Hall–Kier alpha value is -3.22. The number of nitrogens with one attached hydrogen (secondary N) is 1. The third kappa shape index (κ3) is 2.44. The molecule has 0 aliphatic carbocycles. The predicted molar refractivity (Wildman–Crippen MR) is 75.9 cm³/mol. The highest BCUT2D eigenvalue weighted by molar-refractivity contribution is 6.06. The van der Waals surface area contributed by atoms with Crippen molar-refractivity contribution in [3.05, 3.63) is 60.3 Å². The van der Waals surface area contributed by atoms with Crippen molar-refractivity contribution in [1.29, 1.82) is 0 Å². The van der Waals surface area contributed by atoms with Crippen molar-refractivity contribution in [2.24, 2.45) is 5.73 Å². The quantitative estimate of drug-likeness (QED) is 0.749. The van der Waals surface area contributed by atoms with Crippen molar-refractivity contribution >= 4 is 23.1 Å². The maximum absolute atomic E-state index is 12.2. The van der Waals surface area contributed by atoms with Crippen LogP contribution in [0, 0.1) is 0 Å². The Morgan fingerprint density at radius 2 is 1.71 bits per heavy atom. The first-order chi connectivity index (χ1) is 10.1. The molecule has 21 heavy (non-hydrogen) atoms. The average molecular weight is 281 g/mol. The molecule has 104 valence electrons. The number of anilines is 1. The third-order valence-corrected chi connectivity index (χ3v) is 2.95. The van der Waals surface area contributed by atoms with Crippen LogP contribution in [0.4, 0.5) is 5.69 Å². The molecule has 0 aliphatic heterocycles. The molecular formula is C14H11N5O2. The van der Waals surface area contributed by atoms with Gasteiger partial charge in [-0.2, -0.15) is 0 Å². The fourth-order valence-electron chi connectivity index (χ4n) is 1.92. The summed E-state index contributed by atoms with van der Waals surface area (Å²) >= 11 is 0. The Balaban J connectivity index is 1.86. The summed E-state index contributed by atoms with van der Waals surface area (Å²) in [5.74, 6) is -0.893. The van der Waals surface area contributed by atoms with E-state index in [0.717, 1.165) is 0 Å². The van der Waals surface area contributed by atoms with Gasteiger partial charge in [-0.3, -0.25) is 9.59 Å². The molecule has 0 saturated carbocycles. The predicted octanol–water partition coefficient (Wildman–Crippen LogP) is 1.08. The van der Waals surface area contributed by atoms with Crippen LogP contribution in [0.5, 0.6) is 0 Å². The van der Waals surface area contributed by atoms with Crippen molar-refractivity contribution < 1.29 is 9.59 Å². The standard InChI is InChI=1S/C14H11N5O2/c15-12(20)9-1-3-10(4-2-9)18-14(21)11-13-17-6-8-19(13)7-5-16-11/h1-8H,(H2,15,20)(H,18,21). The van der Waals surface area contributed by atoms with E-state index in [1.165, 1.54) is 6.20 Å². The molecule has 2 heterocycles. The molecule has 0 fully saturated rings. The maximum Gasteiger partial charge on any atom is 0.278 e. The smallest absolute Gasteiger partial charge is 0.278 e. The molecule has 7 heteroatoms. The van der Waals surface area contributed by atoms with E-state index in [4.69, 9.17) is 5.73 Å². The molecule has 0 spiro atoms. The highest BCUT2D eigenvalue weighted by Crippen LogP contribution is 2.12. The van der Waals surface area contributed by atoms with Crippen LogP contribution in [0.2, 0.25) is 0 Å². The van der Waals surface area contributed by atoms with Crippen LogP contribution >= 0.6 is 0 Å². The summed E-state index contributed by atoms with van der Waals surface area (Å²) in [5, 5.41) is 2.70. The number of benzene rings is 1. The summed E-state index contributed by atoms with van der Waals surface area (Å²) in [6.45, 7) is 0. The Kier molecular flexibility index (Phi) is 3.07. The second-order valence-electron chi connectivity index (χ2n) is 4.33. The van der Waals surface area contributed by atoms with Crippen molar-refractivity contribution in [1.82, 2.24) is 14.4 Å². The summed E-state index contributed by atoms with van der Waals surface area (Å²) in [5.41, 5.74) is 6.78. The van der Waals surface area contributed by atoms with Gasteiger partial charge in [-0.25, -0.2) is 9.97 Å². The number of hydrogen-bond acceptors (Lipinski definition) is 4. The number of nitrogens with zero attached hydrogens (tertiary/aromatic N) is 3. The van der Waals surface area contributed by atoms with Crippen LogP contribution in [-0.2, 0) is 0 Å². The lowest BCUT2D eigenvalue weighted by atomic mass is 10.2. The fraction of sp³-hybridized carbons (Fsp3) is 0. The number of imidazole rings is 1. The molecule has 0 bridgehead atoms. The zero-order valence-electron chi connectivity index (χ0n) is 10.9. The zero-order chi connectivity index (χ0) is 14.8. The third-order valence-electron chi connectivity index (χ3n) is 2.95. The number of primary amides is 1. The average Bonchev–Trinajstić information content (AvgIpc) is 2.96. The Bertz CT molecular complexity index is 823. The first-order valence-corrected chi connectivity index (χ1v) is 6.14. The van der Waals surface area contributed by atoms with Gasteiger partial charge in [-0.1, -0.05) is 0 Å². The molecule has 0 atom stereocenters. The Morgan fingerprint density at radius 1 is 1.05 bits per heavy atom. The molecule has 0 saturated heterocycles. The van der Waals surface area contributed by atoms with Gasteiger partial charge in [-0.15, -0.1) is 0 Å². The fourth-order valence-corrected chi connectivity index (χ4v) is 1.92. The minimum atomic E-state index is -0.517. The summed E-state index contributed by atoms with van der Waals surface area (Å²) < 4.78 is 1.71. The maximum atomic E-state index is 12.2. The monoisotopic (exact) mass is 281 g/mol. The number of hydrogen-bond donors (Lipinski definition) is 2. The first kappa shape index (κ1) is 12.8. The van der Waals surface area contributed by atoms with Crippen molar-refractivity contribution in [3.8, 4) is 0 Å². The highest BCUT2D eigenvalue weighted by atomic mass is 16.2. The number of amides is 2. The molecule has 3 aromatic rings. The van der Waals surface area contributed by atoms with E-state index in [1.807, 2.05) is 0 Å². The zero-order valence-corrected chi connectivity index (χ0v) is 10.9. The van der Waals surface area contributed by atoms with Crippen LogP contribution < -0.4 is 11.1 Å². The van der Waals surface area contributed by atoms with E-state index in [1.54, 1.807) is 47.3 Å². The molecule has 0 unspecified atom stereocenters. The summed E-state index contributed by atoms with van der Waals surface area (Å²) in [7, 11) is 0. The van der Waals surface area contributed by atoms with E-state index in [-0.39, 0.29) is 11.6 Å². The van der Waals surface area contributed by atoms with E-state index < -0.39 is 5.91 Å². The van der Waals surface area contributed by atoms with Crippen LogP contribution in [0.15, 0.2) is 49.1 Å². The lowest BCUT2D eigenvalue weighted by molar-refractivity contribution is 0.0998. The van der Waals surface area contributed by atoms with Crippen LogP contribution in [0.1, 0.15) is 20.8 Å². The molecule has 7 nitrogen and oxygen atoms in total. The topological polar surface area (TPSA) is 102 Å². The molecule has 2 amide bonds. The summed E-state index contributed by atoms with van der Waals surface area (Å²) in [4.78, 5) is 31.4. The van der Waals surface area contributed by atoms with Gasteiger partial charge in [0, 0.05) is 36.0 Å². The molecule has 3 rings (SSSR count). The Labute approximate surface area is 119 Å². The van der Waals surface area contributed by atoms with Gasteiger partial charge in [-0.05, 0) is 24.3 Å². The van der Waals surface area contributed by atoms with Crippen molar-refractivity contribution in [2.45, 2.75) is 0 Å². The van der Waals surface area contributed by atoms with Crippen LogP contribution in [-0.4, -0.2) is 26.2 Å². The normalized spacial score (nSPS) is 10.5. The van der Waals surface area contributed by atoms with Crippen LogP contribution in [0.25, 0.3) is 5.65 Å². The highest BCUT2D eigenvalue weighted by Gasteiger charge is 2.13. The number of carbonyl (C=O) groups is 2. The molecular weight excluding hydrogens is 270 g/mol. The number of nitrogens with two attached hydrogens (primary N) is 1. The van der Waals surface area contributed by atoms with Crippen molar-refractivity contribution in [2.75, 3.05) is 5.32 Å². The number of fused-ring (bicyclic) bond motifs is 1. The number of carbonyl (C=O) groups excluding carboxylic acids is 2. The van der Waals surface area contributed by atoms with Gasteiger partial charge in [0.05, 0.1) is 0 Å². The van der Waals surface area contributed by atoms with Crippen LogP contribution in [0.3, 0.4) is 0 Å². The van der Waals surface area contributed by atoms with Crippen molar-refractivity contribution in [3.63, 3.8) is 0 Å². The second kappa shape index (κ2) is 5.04. The van der Waals surface area contributed by atoms with Gasteiger partial charge < -0.3 is 15.5 Å². The molecule has 3 N–H and O–H groups in total. The summed E-state index contributed by atoms with van der Waals surface area (Å²) in [6, 6.07) is 6.29. The lowest BCUT2D eigenvalue weighted by Gasteiger charge is -2.06. The van der Waals surface area contributed by atoms with Gasteiger partial charge in [0.2, 0.25) is 5.91 Å². The van der Waals surface area contributed by atoms with E-state index in [0.29, 0.717) is 16.9 Å².